The normalized spacial score (nSPS) is 21.0. The minimum Gasteiger partial charge on any atom is -0.482 e. The van der Waals surface area contributed by atoms with Gasteiger partial charge in [0.05, 0.1) is 24.8 Å². The number of fused-ring (bicyclic) bond motifs is 1. The van der Waals surface area contributed by atoms with E-state index in [1.54, 1.807) is 38.1 Å². The summed E-state index contributed by atoms with van der Waals surface area (Å²) in [5, 5.41) is 34.9. The fraction of sp³-hybridized carbons (Fsp3) is 0.412. The zero-order valence-electron chi connectivity index (χ0n) is 13.5. The second-order valence-electron chi connectivity index (χ2n) is 6.35. The van der Waals surface area contributed by atoms with Gasteiger partial charge < -0.3 is 20.1 Å². The quantitative estimate of drug-likeness (QED) is 0.695. The number of para-hydroxylation sites is 1. The molecule has 2 heterocycles. The van der Waals surface area contributed by atoms with E-state index in [9.17, 15) is 15.0 Å². The van der Waals surface area contributed by atoms with Crippen LogP contribution in [0.1, 0.15) is 31.0 Å². The van der Waals surface area contributed by atoms with E-state index in [4.69, 9.17) is 9.84 Å². The summed E-state index contributed by atoms with van der Waals surface area (Å²) < 4.78 is 6.86. The molecule has 3 rings (SSSR count). The molecule has 2 aromatic rings. The highest BCUT2D eigenvalue weighted by Gasteiger charge is 2.56. The Morgan fingerprint density at radius 1 is 1.21 bits per heavy atom. The van der Waals surface area contributed by atoms with Crippen molar-refractivity contribution in [3.63, 3.8) is 0 Å². The van der Waals surface area contributed by atoms with Crippen molar-refractivity contribution in [1.29, 1.82) is 0 Å². The molecule has 0 bridgehead atoms. The first kappa shape index (κ1) is 16.6. The molecule has 0 saturated heterocycles. The molecule has 1 unspecified atom stereocenters. The van der Waals surface area contributed by atoms with Crippen molar-refractivity contribution in [2.45, 2.75) is 37.7 Å². The van der Waals surface area contributed by atoms with E-state index < -0.39 is 17.3 Å². The van der Waals surface area contributed by atoms with E-state index in [-0.39, 0.29) is 18.7 Å². The SMILES string of the molecule is CC1(C)Oc2ccccc2C(c2ccc(=O)n(CCO)n2)C1(O)O. The highest BCUT2D eigenvalue weighted by Crippen LogP contribution is 2.48. The van der Waals surface area contributed by atoms with E-state index in [0.29, 0.717) is 17.0 Å². The molecule has 7 heteroatoms. The Kier molecular flexibility index (Phi) is 3.95. The Morgan fingerprint density at radius 3 is 2.62 bits per heavy atom. The first-order valence-corrected chi connectivity index (χ1v) is 7.69. The monoisotopic (exact) mass is 332 g/mol. The van der Waals surface area contributed by atoms with Gasteiger partial charge in [-0.1, -0.05) is 18.2 Å². The van der Waals surface area contributed by atoms with Crippen LogP contribution in [0, 0.1) is 0 Å². The smallest absolute Gasteiger partial charge is 0.266 e. The topological polar surface area (TPSA) is 105 Å². The predicted molar refractivity (Wildman–Crippen MR) is 85.7 cm³/mol. The standard InChI is InChI=1S/C17H20N2O5/c1-16(2)17(22,23)15(11-5-3-4-6-13(11)24-16)12-7-8-14(21)19(18-12)9-10-20/h3-8,15,20,22-23H,9-10H2,1-2H3. The maximum atomic E-state index is 11.8. The van der Waals surface area contributed by atoms with Crippen molar-refractivity contribution in [3.05, 3.63) is 58.0 Å². The molecule has 24 heavy (non-hydrogen) atoms. The van der Waals surface area contributed by atoms with E-state index in [1.165, 1.54) is 12.1 Å². The molecular formula is C17H20N2O5. The molecule has 3 N–H and O–H groups in total. The number of nitrogens with zero attached hydrogens (tertiary/aromatic N) is 2. The van der Waals surface area contributed by atoms with Crippen LogP contribution in [0.2, 0.25) is 0 Å². The summed E-state index contributed by atoms with van der Waals surface area (Å²) in [6, 6.07) is 9.84. The third-order valence-corrected chi connectivity index (χ3v) is 4.38. The van der Waals surface area contributed by atoms with Gasteiger partial charge in [0.25, 0.3) is 5.56 Å². The van der Waals surface area contributed by atoms with Crippen molar-refractivity contribution in [1.82, 2.24) is 9.78 Å². The van der Waals surface area contributed by atoms with Crippen LogP contribution in [0.3, 0.4) is 0 Å². The Morgan fingerprint density at radius 2 is 1.92 bits per heavy atom. The van der Waals surface area contributed by atoms with Crippen LogP contribution in [0.5, 0.6) is 5.75 Å². The van der Waals surface area contributed by atoms with Crippen molar-refractivity contribution in [2.24, 2.45) is 0 Å². The molecule has 0 amide bonds. The van der Waals surface area contributed by atoms with Crippen molar-refractivity contribution in [2.75, 3.05) is 6.61 Å². The first-order chi connectivity index (χ1) is 11.3. The van der Waals surface area contributed by atoms with Gasteiger partial charge in [-0.15, -0.1) is 0 Å². The molecule has 1 aromatic heterocycles. The number of benzene rings is 1. The summed E-state index contributed by atoms with van der Waals surface area (Å²) in [7, 11) is 0. The Hall–Kier alpha value is -2.22. The first-order valence-electron chi connectivity index (χ1n) is 7.69. The molecule has 0 radical (unpaired) electrons. The van der Waals surface area contributed by atoms with Gasteiger partial charge in [0.15, 0.2) is 5.60 Å². The van der Waals surface area contributed by atoms with Crippen LogP contribution in [0.15, 0.2) is 41.2 Å². The molecule has 0 aliphatic carbocycles. The largest absolute Gasteiger partial charge is 0.482 e. The Bertz CT molecular complexity index is 813. The van der Waals surface area contributed by atoms with Crippen LogP contribution >= 0.6 is 0 Å². The van der Waals surface area contributed by atoms with Gasteiger partial charge in [0.1, 0.15) is 5.75 Å². The van der Waals surface area contributed by atoms with Crippen LogP contribution in [-0.2, 0) is 6.54 Å². The van der Waals surface area contributed by atoms with Gasteiger partial charge in [0.2, 0.25) is 5.79 Å². The van der Waals surface area contributed by atoms with Crippen LogP contribution in [0.25, 0.3) is 0 Å². The van der Waals surface area contributed by atoms with Crippen LogP contribution in [-0.4, -0.2) is 43.1 Å². The third-order valence-electron chi connectivity index (χ3n) is 4.38. The molecule has 1 atom stereocenters. The van der Waals surface area contributed by atoms with Crippen molar-refractivity contribution >= 4 is 0 Å². The fourth-order valence-corrected chi connectivity index (χ4v) is 2.97. The molecule has 7 nitrogen and oxygen atoms in total. The molecule has 0 saturated carbocycles. The molecule has 0 spiro atoms. The summed E-state index contributed by atoms with van der Waals surface area (Å²) in [6.45, 7) is 2.96. The maximum absolute atomic E-state index is 11.8. The molecule has 1 aliphatic heterocycles. The molecule has 128 valence electrons. The number of hydrogen-bond acceptors (Lipinski definition) is 6. The van der Waals surface area contributed by atoms with E-state index >= 15 is 0 Å². The van der Waals surface area contributed by atoms with Gasteiger partial charge in [-0.25, -0.2) is 4.68 Å². The van der Waals surface area contributed by atoms with E-state index in [2.05, 4.69) is 5.10 Å². The lowest BCUT2D eigenvalue weighted by Gasteiger charge is -2.47. The fourth-order valence-electron chi connectivity index (χ4n) is 2.97. The number of aliphatic hydroxyl groups excluding tert-OH is 1. The minimum atomic E-state index is -2.24. The summed E-state index contributed by atoms with van der Waals surface area (Å²) in [5.41, 5.74) is -0.764. The molecular weight excluding hydrogens is 312 g/mol. The predicted octanol–water partition coefficient (Wildman–Crippen LogP) is 0.219. The number of rotatable bonds is 3. The van der Waals surface area contributed by atoms with Crippen LogP contribution < -0.4 is 10.3 Å². The number of hydrogen-bond donors (Lipinski definition) is 3. The molecule has 1 aliphatic rings. The van der Waals surface area contributed by atoms with Crippen LogP contribution in [0.4, 0.5) is 0 Å². The van der Waals surface area contributed by atoms with Gasteiger partial charge in [-0.2, -0.15) is 5.10 Å². The highest BCUT2D eigenvalue weighted by atomic mass is 16.6. The summed E-state index contributed by atoms with van der Waals surface area (Å²) in [5.74, 6) is -2.61. The van der Waals surface area contributed by atoms with E-state index in [0.717, 1.165) is 4.68 Å². The Balaban J connectivity index is 2.21. The minimum absolute atomic E-state index is 0.0325. The average Bonchev–Trinajstić information content (AvgIpc) is 2.51. The second kappa shape index (κ2) is 5.70. The maximum Gasteiger partial charge on any atom is 0.266 e. The molecule has 1 aromatic carbocycles. The Labute approximate surface area is 138 Å². The average molecular weight is 332 g/mol. The lowest BCUT2D eigenvalue weighted by Crippen LogP contribution is -2.60. The lowest BCUT2D eigenvalue weighted by molar-refractivity contribution is -0.269. The number of aromatic nitrogens is 2. The van der Waals surface area contributed by atoms with Gasteiger partial charge >= 0.3 is 0 Å². The zero-order valence-corrected chi connectivity index (χ0v) is 13.5. The number of ether oxygens (including phenoxy) is 1. The summed E-state index contributed by atoms with van der Waals surface area (Å²) in [6.07, 6.45) is 0. The zero-order chi connectivity index (χ0) is 17.5. The van der Waals surface area contributed by atoms with Crippen molar-refractivity contribution in [3.8, 4) is 5.75 Å². The summed E-state index contributed by atoms with van der Waals surface area (Å²) in [4.78, 5) is 11.8. The molecule has 0 fully saturated rings. The van der Waals surface area contributed by atoms with E-state index in [1.807, 2.05) is 0 Å². The third kappa shape index (κ3) is 2.50. The van der Waals surface area contributed by atoms with Gasteiger partial charge in [-0.05, 0) is 26.0 Å². The van der Waals surface area contributed by atoms with Gasteiger partial charge in [0, 0.05) is 11.6 Å². The van der Waals surface area contributed by atoms with Gasteiger partial charge in [-0.3, -0.25) is 4.79 Å². The summed E-state index contributed by atoms with van der Waals surface area (Å²) >= 11 is 0. The van der Waals surface area contributed by atoms with Crippen molar-refractivity contribution < 1.29 is 20.1 Å². The lowest BCUT2D eigenvalue weighted by atomic mass is 9.76. The highest BCUT2D eigenvalue weighted by molar-refractivity contribution is 5.45. The number of aliphatic hydroxyl groups is 3. The second-order valence-corrected chi connectivity index (χ2v) is 6.35.